The number of rotatable bonds is 8. The molecule has 3 heteroatoms. The van der Waals surface area contributed by atoms with E-state index >= 15 is 0 Å². The number of nitriles is 1. The third kappa shape index (κ3) is 5.06. The van der Waals surface area contributed by atoms with Gasteiger partial charge in [0, 0.05) is 6.42 Å². The van der Waals surface area contributed by atoms with Crippen LogP contribution in [0.2, 0.25) is 0 Å². The third-order valence-corrected chi connectivity index (χ3v) is 3.90. The van der Waals surface area contributed by atoms with Gasteiger partial charge in [0.05, 0.1) is 12.2 Å². The van der Waals surface area contributed by atoms with E-state index in [1.807, 2.05) is 32.9 Å². The molecular weight excluding hydrogens is 260 g/mol. The van der Waals surface area contributed by atoms with Gasteiger partial charge in [0.2, 0.25) is 0 Å². The number of benzene rings is 1. The minimum atomic E-state index is -0.542. The van der Waals surface area contributed by atoms with E-state index in [0.29, 0.717) is 12.3 Å². The van der Waals surface area contributed by atoms with Crippen LogP contribution in [0.25, 0.3) is 0 Å². The van der Waals surface area contributed by atoms with Crippen molar-refractivity contribution in [3.8, 4) is 11.8 Å². The molecule has 0 aliphatic heterocycles. The van der Waals surface area contributed by atoms with E-state index in [0.717, 1.165) is 18.7 Å². The summed E-state index contributed by atoms with van der Waals surface area (Å²) in [5, 5.41) is 12.6. The molecule has 21 heavy (non-hydrogen) atoms. The predicted octanol–water partition coefficient (Wildman–Crippen LogP) is 4.25. The summed E-state index contributed by atoms with van der Waals surface area (Å²) in [4.78, 5) is 0. The lowest BCUT2D eigenvalue weighted by Gasteiger charge is -2.27. The summed E-state index contributed by atoms with van der Waals surface area (Å²) in [5.74, 6) is 1.42. The molecule has 3 nitrogen and oxygen atoms in total. The fraction of sp³-hybridized carbons (Fsp3) is 0.611. The Morgan fingerprint density at radius 3 is 2.52 bits per heavy atom. The monoisotopic (exact) mass is 288 g/mol. The smallest absolute Gasteiger partial charge is 0.123 e. The lowest BCUT2D eigenvalue weighted by molar-refractivity contribution is 0.178. The minimum absolute atomic E-state index is 0.0149. The molecule has 0 radical (unpaired) electrons. The van der Waals surface area contributed by atoms with Crippen molar-refractivity contribution in [2.24, 2.45) is 0 Å². The van der Waals surface area contributed by atoms with Gasteiger partial charge in [0.1, 0.15) is 11.3 Å². The Morgan fingerprint density at radius 2 is 1.95 bits per heavy atom. The summed E-state index contributed by atoms with van der Waals surface area (Å²) < 4.78 is 6.12. The van der Waals surface area contributed by atoms with Crippen molar-refractivity contribution in [1.82, 2.24) is 5.32 Å². The highest BCUT2D eigenvalue weighted by atomic mass is 16.5. The maximum Gasteiger partial charge on any atom is 0.123 e. The first-order valence-corrected chi connectivity index (χ1v) is 7.87. The standard InChI is InChI=1S/C18H28N2O/c1-6-14(3)16-10-8-9-11-17(16)21-15(4)12-18(5,13-19)20-7-2/h8-11,14-15,20H,6-7,12H2,1-5H3. The highest BCUT2D eigenvalue weighted by Crippen LogP contribution is 2.30. The van der Waals surface area contributed by atoms with Crippen molar-refractivity contribution in [3.05, 3.63) is 29.8 Å². The van der Waals surface area contributed by atoms with Crippen LogP contribution in [0.1, 0.15) is 58.9 Å². The summed E-state index contributed by atoms with van der Waals surface area (Å²) in [6.07, 6.45) is 1.73. The van der Waals surface area contributed by atoms with E-state index in [2.05, 4.69) is 37.4 Å². The second kappa shape index (κ2) is 8.05. The zero-order chi connectivity index (χ0) is 15.9. The fourth-order valence-corrected chi connectivity index (χ4v) is 2.60. The molecule has 0 saturated carbocycles. The van der Waals surface area contributed by atoms with Crippen LogP contribution >= 0.6 is 0 Å². The molecule has 0 aromatic heterocycles. The van der Waals surface area contributed by atoms with Gasteiger partial charge in [-0.05, 0) is 44.4 Å². The van der Waals surface area contributed by atoms with Crippen LogP contribution in [-0.4, -0.2) is 18.2 Å². The molecule has 3 unspecified atom stereocenters. The Balaban J connectivity index is 2.80. The topological polar surface area (TPSA) is 45.0 Å². The van der Waals surface area contributed by atoms with Crippen LogP contribution in [0.5, 0.6) is 5.75 Å². The molecule has 1 rings (SSSR count). The number of hydrogen-bond donors (Lipinski definition) is 1. The highest BCUT2D eigenvalue weighted by molar-refractivity contribution is 5.36. The second-order valence-corrected chi connectivity index (χ2v) is 5.95. The molecule has 3 atom stereocenters. The number of para-hydroxylation sites is 1. The van der Waals surface area contributed by atoms with Gasteiger partial charge in [-0.25, -0.2) is 0 Å². The summed E-state index contributed by atoms with van der Waals surface area (Å²) >= 11 is 0. The van der Waals surface area contributed by atoms with Gasteiger partial charge in [-0.2, -0.15) is 5.26 Å². The first-order valence-electron chi connectivity index (χ1n) is 7.87. The zero-order valence-corrected chi connectivity index (χ0v) is 13.9. The van der Waals surface area contributed by atoms with Crippen LogP contribution in [-0.2, 0) is 0 Å². The quantitative estimate of drug-likeness (QED) is 0.777. The Bertz CT molecular complexity index is 480. The normalized spacial score (nSPS) is 16.6. The average Bonchev–Trinajstić information content (AvgIpc) is 2.47. The van der Waals surface area contributed by atoms with Crippen LogP contribution in [0, 0.1) is 11.3 Å². The number of nitrogens with zero attached hydrogens (tertiary/aromatic N) is 1. The maximum atomic E-state index is 9.34. The molecule has 116 valence electrons. The summed E-state index contributed by atoms with van der Waals surface area (Å²) in [7, 11) is 0. The molecule has 0 heterocycles. The van der Waals surface area contributed by atoms with Crippen molar-refractivity contribution in [2.45, 2.75) is 65.0 Å². The average molecular weight is 288 g/mol. The van der Waals surface area contributed by atoms with Gasteiger partial charge in [-0.3, -0.25) is 5.32 Å². The van der Waals surface area contributed by atoms with Crippen molar-refractivity contribution < 1.29 is 4.74 Å². The van der Waals surface area contributed by atoms with Crippen LogP contribution < -0.4 is 10.1 Å². The lowest BCUT2D eigenvalue weighted by atomic mass is 9.95. The predicted molar refractivity (Wildman–Crippen MR) is 87.5 cm³/mol. The lowest BCUT2D eigenvalue weighted by Crippen LogP contribution is -2.44. The van der Waals surface area contributed by atoms with Gasteiger partial charge in [0.15, 0.2) is 0 Å². The van der Waals surface area contributed by atoms with Crippen molar-refractivity contribution in [3.63, 3.8) is 0 Å². The van der Waals surface area contributed by atoms with Gasteiger partial charge in [-0.1, -0.05) is 39.0 Å². The van der Waals surface area contributed by atoms with Gasteiger partial charge in [-0.15, -0.1) is 0 Å². The van der Waals surface area contributed by atoms with Crippen LogP contribution in [0.4, 0.5) is 0 Å². The summed E-state index contributed by atoms with van der Waals surface area (Å²) in [6.45, 7) is 11.1. The zero-order valence-electron chi connectivity index (χ0n) is 13.9. The highest BCUT2D eigenvalue weighted by Gasteiger charge is 2.26. The number of nitrogens with one attached hydrogen (secondary N) is 1. The van der Waals surface area contributed by atoms with Crippen LogP contribution in [0.15, 0.2) is 24.3 Å². The maximum absolute atomic E-state index is 9.34. The van der Waals surface area contributed by atoms with Crippen molar-refractivity contribution in [1.29, 1.82) is 5.26 Å². The molecular formula is C18H28N2O. The van der Waals surface area contributed by atoms with E-state index in [-0.39, 0.29) is 6.10 Å². The molecule has 0 fully saturated rings. The van der Waals surface area contributed by atoms with E-state index in [4.69, 9.17) is 4.74 Å². The Kier molecular flexibility index (Phi) is 6.71. The molecule has 0 amide bonds. The Morgan fingerprint density at radius 1 is 1.29 bits per heavy atom. The Labute approximate surface area is 129 Å². The summed E-state index contributed by atoms with van der Waals surface area (Å²) in [5.41, 5.74) is 0.702. The molecule has 0 aliphatic rings. The second-order valence-electron chi connectivity index (χ2n) is 5.95. The fourth-order valence-electron chi connectivity index (χ4n) is 2.60. The summed E-state index contributed by atoms with van der Waals surface area (Å²) in [6, 6.07) is 10.6. The van der Waals surface area contributed by atoms with Gasteiger partial charge < -0.3 is 4.74 Å². The molecule has 0 spiro atoms. The Hall–Kier alpha value is -1.53. The van der Waals surface area contributed by atoms with E-state index < -0.39 is 5.54 Å². The number of ether oxygens (including phenoxy) is 1. The van der Waals surface area contributed by atoms with Crippen LogP contribution in [0.3, 0.4) is 0 Å². The van der Waals surface area contributed by atoms with E-state index in [1.54, 1.807) is 0 Å². The molecule has 1 aromatic rings. The third-order valence-electron chi connectivity index (χ3n) is 3.90. The number of hydrogen-bond acceptors (Lipinski definition) is 3. The SMILES string of the molecule is CCNC(C)(C#N)CC(C)Oc1ccccc1C(C)CC. The molecule has 1 aromatic carbocycles. The first kappa shape index (κ1) is 17.5. The first-order chi connectivity index (χ1) is 9.95. The minimum Gasteiger partial charge on any atom is -0.490 e. The van der Waals surface area contributed by atoms with Crippen molar-refractivity contribution in [2.75, 3.05) is 6.54 Å². The molecule has 0 saturated heterocycles. The molecule has 1 N–H and O–H groups in total. The van der Waals surface area contributed by atoms with Gasteiger partial charge >= 0.3 is 0 Å². The molecule has 0 aliphatic carbocycles. The van der Waals surface area contributed by atoms with Gasteiger partial charge in [0.25, 0.3) is 0 Å². The molecule has 0 bridgehead atoms. The van der Waals surface area contributed by atoms with E-state index in [9.17, 15) is 5.26 Å². The largest absolute Gasteiger partial charge is 0.490 e. The van der Waals surface area contributed by atoms with Crippen molar-refractivity contribution >= 4 is 0 Å². The van der Waals surface area contributed by atoms with E-state index in [1.165, 1.54) is 5.56 Å².